The first kappa shape index (κ1) is 10.7. The maximum absolute atomic E-state index is 2.40. The van der Waals surface area contributed by atoms with Crippen molar-refractivity contribution in [2.45, 2.75) is 53.4 Å². The normalized spacial score (nSPS) is 12.6. The van der Waals surface area contributed by atoms with E-state index in [1.807, 2.05) is 0 Å². The van der Waals surface area contributed by atoms with Gasteiger partial charge in [0.05, 0.1) is 0 Å². The summed E-state index contributed by atoms with van der Waals surface area (Å²) in [5, 5.41) is 0. The summed E-state index contributed by atoms with van der Waals surface area (Å²) in [6.07, 6.45) is 7.52. The molecule has 0 saturated carbocycles. The highest BCUT2D eigenvalue weighted by atomic mass is 14.1. The van der Waals surface area contributed by atoms with Gasteiger partial charge in [-0.15, -0.1) is 0 Å². The van der Waals surface area contributed by atoms with Gasteiger partial charge in [0.25, 0.3) is 0 Å². The second-order valence-corrected chi connectivity index (χ2v) is 3.25. The Morgan fingerprint density at radius 1 is 1.18 bits per heavy atom. The molecule has 0 rings (SSSR count). The molecule has 0 spiro atoms. The van der Waals surface area contributed by atoms with Crippen LogP contribution >= 0.6 is 0 Å². The fourth-order valence-corrected chi connectivity index (χ4v) is 1.47. The molecule has 0 amide bonds. The predicted octanol–water partition coefficient (Wildman–Crippen LogP) is 4.17. The zero-order valence-corrected chi connectivity index (χ0v) is 8.48. The molecule has 0 nitrogen and oxygen atoms in total. The largest absolute Gasteiger partial charge is 0.0853 e. The SMILES string of the molecule is CCCC=C(C)C(CC)CC. The maximum Gasteiger partial charge on any atom is -0.0211 e. The Morgan fingerprint density at radius 2 is 1.73 bits per heavy atom. The van der Waals surface area contributed by atoms with Crippen LogP contribution in [0.1, 0.15) is 53.4 Å². The van der Waals surface area contributed by atoms with E-state index in [-0.39, 0.29) is 0 Å². The number of hydrogen-bond donors (Lipinski definition) is 0. The average Bonchev–Trinajstić information content (AvgIpc) is 2.03. The zero-order valence-electron chi connectivity index (χ0n) is 8.48. The molecule has 0 N–H and O–H groups in total. The molecular weight excluding hydrogens is 132 g/mol. The van der Waals surface area contributed by atoms with Crippen LogP contribution in [0.3, 0.4) is 0 Å². The van der Waals surface area contributed by atoms with Gasteiger partial charge in [0.2, 0.25) is 0 Å². The van der Waals surface area contributed by atoms with E-state index in [2.05, 4.69) is 33.8 Å². The van der Waals surface area contributed by atoms with Crippen molar-refractivity contribution in [2.75, 3.05) is 0 Å². The van der Waals surface area contributed by atoms with E-state index < -0.39 is 0 Å². The molecule has 0 heteroatoms. The average molecular weight is 154 g/mol. The first-order valence-electron chi connectivity index (χ1n) is 4.92. The van der Waals surface area contributed by atoms with Crippen LogP contribution in [0.15, 0.2) is 11.6 Å². The minimum absolute atomic E-state index is 0.835. The van der Waals surface area contributed by atoms with Gasteiger partial charge in [-0.1, -0.05) is 38.8 Å². The van der Waals surface area contributed by atoms with Gasteiger partial charge in [-0.25, -0.2) is 0 Å². The summed E-state index contributed by atoms with van der Waals surface area (Å²) < 4.78 is 0. The minimum atomic E-state index is 0.835. The summed E-state index contributed by atoms with van der Waals surface area (Å²) in [6, 6.07) is 0. The zero-order chi connectivity index (χ0) is 8.69. The van der Waals surface area contributed by atoms with Crippen LogP contribution in [0, 0.1) is 5.92 Å². The first-order chi connectivity index (χ1) is 5.26. The van der Waals surface area contributed by atoms with Crippen LogP contribution in [-0.2, 0) is 0 Å². The van der Waals surface area contributed by atoms with Crippen molar-refractivity contribution in [3.05, 3.63) is 11.6 Å². The van der Waals surface area contributed by atoms with Gasteiger partial charge in [0, 0.05) is 0 Å². The number of allylic oxidation sites excluding steroid dienone is 2. The molecule has 0 aliphatic carbocycles. The first-order valence-corrected chi connectivity index (χ1v) is 4.92. The molecule has 0 aliphatic heterocycles. The van der Waals surface area contributed by atoms with Crippen LogP contribution < -0.4 is 0 Å². The molecule has 0 saturated heterocycles. The van der Waals surface area contributed by atoms with Crippen molar-refractivity contribution in [3.63, 3.8) is 0 Å². The molecular formula is C11H22. The van der Waals surface area contributed by atoms with E-state index in [0.717, 1.165) is 5.92 Å². The van der Waals surface area contributed by atoms with E-state index in [1.165, 1.54) is 25.7 Å². The van der Waals surface area contributed by atoms with E-state index in [1.54, 1.807) is 5.57 Å². The minimum Gasteiger partial charge on any atom is -0.0853 e. The Balaban J connectivity index is 3.85. The van der Waals surface area contributed by atoms with Crippen molar-refractivity contribution in [3.8, 4) is 0 Å². The molecule has 0 aromatic carbocycles. The maximum atomic E-state index is 2.40. The molecule has 0 aromatic rings. The van der Waals surface area contributed by atoms with Crippen molar-refractivity contribution in [1.29, 1.82) is 0 Å². The van der Waals surface area contributed by atoms with Crippen LogP contribution in [0.25, 0.3) is 0 Å². The molecule has 0 atom stereocenters. The van der Waals surface area contributed by atoms with E-state index >= 15 is 0 Å². The van der Waals surface area contributed by atoms with Crippen molar-refractivity contribution in [1.82, 2.24) is 0 Å². The summed E-state index contributed by atoms with van der Waals surface area (Å²) in [6.45, 7) is 9.05. The van der Waals surface area contributed by atoms with Gasteiger partial charge in [-0.2, -0.15) is 0 Å². The van der Waals surface area contributed by atoms with Crippen LogP contribution in [0.5, 0.6) is 0 Å². The monoisotopic (exact) mass is 154 g/mol. The fourth-order valence-electron chi connectivity index (χ4n) is 1.47. The quantitative estimate of drug-likeness (QED) is 0.521. The van der Waals surface area contributed by atoms with Gasteiger partial charge >= 0.3 is 0 Å². The lowest BCUT2D eigenvalue weighted by Crippen LogP contribution is -1.97. The summed E-state index contributed by atoms with van der Waals surface area (Å²) in [5.41, 5.74) is 1.59. The highest BCUT2D eigenvalue weighted by Gasteiger charge is 2.03. The molecule has 0 fully saturated rings. The lowest BCUT2D eigenvalue weighted by molar-refractivity contribution is 0.569. The summed E-state index contributed by atoms with van der Waals surface area (Å²) in [4.78, 5) is 0. The predicted molar refractivity (Wildman–Crippen MR) is 52.7 cm³/mol. The van der Waals surface area contributed by atoms with Gasteiger partial charge < -0.3 is 0 Å². The molecule has 0 radical (unpaired) electrons. The lowest BCUT2D eigenvalue weighted by atomic mass is 9.94. The second kappa shape index (κ2) is 6.45. The topological polar surface area (TPSA) is 0 Å². The van der Waals surface area contributed by atoms with Crippen LogP contribution in [-0.4, -0.2) is 0 Å². The summed E-state index contributed by atoms with van der Waals surface area (Å²) in [7, 11) is 0. The van der Waals surface area contributed by atoms with Gasteiger partial charge in [0.1, 0.15) is 0 Å². The van der Waals surface area contributed by atoms with Gasteiger partial charge in [-0.3, -0.25) is 0 Å². The highest BCUT2D eigenvalue weighted by molar-refractivity contribution is 5.02. The van der Waals surface area contributed by atoms with Crippen molar-refractivity contribution >= 4 is 0 Å². The third-order valence-electron chi connectivity index (χ3n) is 2.38. The third kappa shape index (κ3) is 4.23. The van der Waals surface area contributed by atoms with E-state index in [9.17, 15) is 0 Å². The van der Waals surface area contributed by atoms with Crippen LogP contribution in [0.4, 0.5) is 0 Å². The van der Waals surface area contributed by atoms with Crippen molar-refractivity contribution in [2.24, 2.45) is 5.92 Å². The Labute approximate surface area is 71.7 Å². The Bertz CT molecular complexity index is 107. The van der Waals surface area contributed by atoms with E-state index in [4.69, 9.17) is 0 Å². The third-order valence-corrected chi connectivity index (χ3v) is 2.38. The Hall–Kier alpha value is -0.260. The number of hydrogen-bond acceptors (Lipinski definition) is 0. The Morgan fingerprint density at radius 3 is 2.09 bits per heavy atom. The van der Waals surface area contributed by atoms with Gasteiger partial charge in [-0.05, 0) is 32.1 Å². The molecule has 0 bridgehead atoms. The van der Waals surface area contributed by atoms with E-state index in [0.29, 0.717) is 0 Å². The Kier molecular flexibility index (Phi) is 6.30. The standard InChI is InChI=1S/C11H22/c1-5-8-9-10(4)11(6-2)7-3/h9,11H,5-8H2,1-4H3. The van der Waals surface area contributed by atoms with Gasteiger partial charge in [0.15, 0.2) is 0 Å². The molecule has 0 aromatic heterocycles. The molecule has 0 unspecified atom stereocenters. The highest BCUT2D eigenvalue weighted by Crippen LogP contribution is 2.18. The summed E-state index contributed by atoms with van der Waals surface area (Å²) >= 11 is 0. The lowest BCUT2D eigenvalue weighted by Gasteiger charge is -2.12. The second-order valence-electron chi connectivity index (χ2n) is 3.25. The molecule has 66 valence electrons. The summed E-state index contributed by atoms with van der Waals surface area (Å²) in [5.74, 6) is 0.835. The molecule has 11 heavy (non-hydrogen) atoms. The number of unbranched alkanes of at least 4 members (excludes halogenated alkanes) is 1. The molecule has 0 heterocycles. The smallest absolute Gasteiger partial charge is 0.0211 e. The fraction of sp³-hybridized carbons (Fsp3) is 0.818. The molecule has 0 aliphatic rings. The number of rotatable bonds is 5. The van der Waals surface area contributed by atoms with Crippen molar-refractivity contribution < 1.29 is 0 Å². The van der Waals surface area contributed by atoms with Crippen LogP contribution in [0.2, 0.25) is 0 Å².